The standard InChI is InChI=1S/C44H67N9O12/c1-25(54)32(26(2)55)22-37(59)29-13-15-39(61)48-17-7-11-34(51-40(62)16-14-30(57)23-45)42(64)52-35(12-8-18-49-44(46)47)43(65)53-36(19-28-9-5-4-6-10-28)41(63)50-24-31(58)21-33(27(3)56)38(60)20-29/h4-6,9-10,25,27,29,32-36,54,56H,7-8,11-24,45H2,1-3H3,(H,48,61)(H,50,63)(H,51,62)(H,52,64)(H,53,65)(H4,46,47,49)/t25-,27-,29-,32+,33+,34+,35+,36+/m1/s1. The monoisotopic (exact) mass is 913 g/mol. The molecule has 0 aliphatic carbocycles. The van der Waals surface area contributed by atoms with E-state index in [0.29, 0.717) is 5.56 Å². The molecule has 5 amide bonds. The number of Topliss-reactive ketones (excluding diaryl/α,β-unsaturated/α-hetero) is 5. The van der Waals surface area contributed by atoms with Gasteiger partial charge in [-0.05, 0) is 58.4 Å². The Kier molecular flexibility index (Phi) is 24.4. The van der Waals surface area contributed by atoms with Gasteiger partial charge in [0.2, 0.25) is 29.5 Å². The minimum Gasteiger partial charge on any atom is -0.393 e. The number of guanidine groups is 1. The molecular formula is C44H67N9O12. The number of amides is 5. The van der Waals surface area contributed by atoms with E-state index < -0.39 is 127 Å². The Morgan fingerprint density at radius 3 is 2.17 bits per heavy atom. The Morgan fingerprint density at radius 1 is 0.877 bits per heavy atom. The number of aliphatic hydroxyl groups is 2. The summed E-state index contributed by atoms with van der Waals surface area (Å²) in [4.78, 5) is 137. The van der Waals surface area contributed by atoms with Gasteiger partial charge in [0.25, 0.3) is 0 Å². The molecule has 0 unspecified atom stereocenters. The van der Waals surface area contributed by atoms with Gasteiger partial charge in [0.15, 0.2) is 11.7 Å². The molecule has 1 aliphatic heterocycles. The van der Waals surface area contributed by atoms with E-state index in [1.807, 2.05) is 0 Å². The predicted octanol–water partition coefficient (Wildman–Crippen LogP) is -2.07. The van der Waals surface area contributed by atoms with Gasteiger partial charge in [-0.1, -0.05) is 30.3 Å². The van der Waals surface area contributed by atoms with Crippen molar-refractivity contribution in [3.8, 4) is 0 Å². The zero-order valence-electron chi connectivity index (χ0n) is 37.5. The molecule has 1 aliphatic rings. The van der Waals surface area contributed by atoms with Gasteiger partial charge < -0.3 is 54.0 Å². The summed E-state index contributed by atoms with van der Waals surface area (Å²) in [6.45, 7) is 2.99. The van der Waals surface area contributed by atoms with Gasteiger partial charge in [-0.2, -0.15) is 0 Å². The molecule has 1 saturated heterocycles. The fourth-order valence-electron chi connectivity index (χ4n) is 7.18. The van der Waals surface area contributed by atoms with E-state index in [-0.39, 0.29) is 89.2 Å². The second kappa shape index (κ2) is 28.8. The van der Waals surface area contributed by atoms with Crippen molar-refractivity contribution in [2.75, 3.05) is 26.2 Å². The van der Waals surface area contributed by atoms with Gasteiger partial charge in [0, 0.05) is 69.9 Å². The van der Waals surface area contributed by atoms with Crippen molar-refractivity contribution in [2.45, 2.75) is 128 Å². The van der Waals surface area contributed by atoms with Crippen LogP contribution in [0.2, 0.25) is 0 Å². The lowest BCUT2D eigenvalue weighted by atomic mass is 9.81. The first-order valence-electron chi connectivity index (χ1n) is 21.9. The highest BCUT2D eigenvalue weighted by Gasteiger charge is 2.35. The van der Waals surface area contributed by atoms with Gasteiger partial charge in [0.05, 0.1) is 31.2 Å². The summed E-state index contributed by atoms with van der Waals surface area (Å²) < 4.78 is 0. The van der Waals surface area contributed by atoms with Crippen molar-refractivity contribution in [1.29, 1.82) is 0 Å². The smallest absolute Gasteiger partial charge is 0.243 e. The van der Waals surface area contributed by atoms with Crippen molar-refractivity contribution >= 4 is 64.4 Å². The number of benzene rings is 1. The molecule has 0 bridgehead atoms. The molecule has 8 atom stereocenters. The highest BCUT2D eigenvalue weighted by molar-refractivity contribution is 5.97. The summed E-state index contributed by atoms with van der Waals surface area (Å²) in [7, 11) is 0. The Labute approximate surface area is 378 Å². The molecule has 0 radical (unpaired) electrons. The number of hydrogen-bond donors (Lipinski definition) is 10. The Balaban J connectivity index is 2.58. The number of aliphatic imine (C=N–C) groups is 1. The topological polar surface area (TPSA) is 362 Å². The number of aliphatic hydroxyl groups excluding tert-OH is 2. The molecule has 13 N–H and O–H groups in total. The van der Waals surface area contributed by atoms with Crippen LogP contribution in [-0.2, 0) is 54.4 Å². The number of ketones is 5. The van der Waals surface area contributed by atoms with E-state index in [9.17, 15) is 58.2 Å². The first-order valence-corrected chi connectivity index (χ1v) is 21.9. The number of carbonyl (C=O) groups excluding carboxylic acids is 10. The molecule has 21 nitrogen and oxygen atoms in total. The number of nitrogens with zero attached hydrogens (tertiary/aromatic N) is 1. The molecule has 0 aromatic heterocycles. The maximum Gasteiger partial charge on any atom is 0.243 e. The minimum atomic E-state index is -1.37. The lowest BCUT2D eigenvalue weighted by Gasteiger charge is -2.26. The van der Waals surface area contributed by atoms with Crippen LogP contribution in [0.15, 0.2) is 35.3 Å². The number of rotatable bonds is 17. The van der Waals surface area contributed by atoms with Gasteiger partial charge >= 0.3 is 0 Å². The second-order valence-corrected chi connectivity index (χ2v) is 16.5. The van der Waals surface area contributed by atoms with Gasteiger partial charge in [-0.25, -0.2) is 0 Å². The predicted molar refractivity (Wildman–Crippen MR) is 237 cm³/mol. The minimum absolute atomic E-state index is 0.0267. The van der Waals surface area contributed by atoms with Gasteiger partial charge in [-0.15, -0.1) is 0 Å². The number of nitrogens with two attached hydrogens (primary N) is 3. The zero-order chi connectivity index (χ0) is 48.6. The molecule has 2 rings (SSSR count). The first-order chi connectivity index (χ1) is 30.7. The maximum atomic E-state index is 14.0. The van der Waals surface area contributed by atoms with E-state index in [1.165, 1.54) is 20.8 Å². The Hall–Kier alpha value is -5.93. The summed E-state index contributed by atoms with van der Waals surface area (Å²) in [5.41, 5.74) is 16.9. The molecule has 1 fully saturated rings. The van der Waals surface area contributed by atoms with E-state index in [1.54, 1.807) is 30.3 Å². The average Bonchev–Trinajstić information content (AvgIpc) is 3.25. The van der Waals surface area contributed by atoms with Gasteiger partial charge in [-0.3, -0.25) is 52.9 Å². The van der Waals surface area contributed by atoms with E-state index in [4.69, 9.17) is 17.2 Å². The van der Waals surface area contributed by atoms with Crippen LogP contribution in [0.1, 0.15) is 97.0 Å². The molecular weight excluding hydrogens is 847 g/mol. The Morgan fingerprint density at radius 2 is 1.55 bits per heavy atom. The zero-order valence-corrected chi connectivity index (χ0v) is 37.5. The summed E-state index contributed by atoms with van der Waals surface area (Å²) >= 11 is 0. The van der Waals surface area contributed by atoms with Crippen molar-refractivity contribution in [1.82, 2.24) is 26.6 Å². The first kappa shape index (κ1) is 55.2. The Bertz CT molecular complexity index is 1850. The van der Waals surface area contributed by atoms with Crippen LogP contribution in [0.4, 0.5) is 0 Å². The van der Waals surface area contributed by atoms with Crippen molar-refractivity contribution in [2.24, 2.45) is 39.9 Å². The van der Waals surface area contributed by atoms with Crippen LogP contribution in [-0.4, -0.2) is 131 Å². The highest BCUT2D eigenvalue weighted by atomic mass is 16.3. The maximum absolute atomic E-state index is 14.0. The third kappa shape index (κ3) is 21.1. The second-order valence-electron chi connectivity index (χ2n) is 16.5. The average molecular weight is 914 g/mol. The van der Waals surface area contributed by atoms with Crippen molar-refractivity contribution < 1.29 is 58.2 Å². The number of carbonyl (C=O) groups is 10. The molecule has 0 spiro atoms. The summed E-state index contributed by atoms with van der Waals surface area (Å²) in [6.07, 6.45) is -4.84. The van der Waals surface area contributed by atoms with Gasteiger partial charge in [0.1, 0.15) is 41.3 Å². The molecule has 1 heterocycles. The highest BCUT2D eigenvalue weighted by Crippen LogP contribution is 2.24. The third-order valence-corrected chi connectivity index (χ3v) is 11.0. The largest absolute Gasteiger partial charge is 0.393 e. The summed E-state index contributed by atoms with van der Waals surface area (Å²) in [5.74, 6) is -10.1. The fourth-order valence-corrected chi connectivity index (χ4v) is 7.18. The van der Waals surface area contributed by atoms with Crippen LogP contribution in [0, 0.1) is 17.8 Å². The number of nitrogens with one attached hydrogen (secondary N) is 5. The summed E-state index contributed by atoms with van der Waals surface area (Å²) in [5, 5.41) is 33.9. The normalized spacial score (nSPS) is 22.7. The molecule has 0 saturated carbocycles. The van der Waals surface area contributed by atoms with Crippen molar-refractivity contribution in [3.05, 3.63) is 35.9 Å². The fraction of sp³-hybridized carbons (Fsp3) is 0.614. The van der Waals surface area contributed by atoms with E-state index in [2.05, 4.69) is 31.6 Å². The van der Waals surface area contributed by atoms with Crippen LogP contribution in [0.3, 0.4) is 0 Å². The van der Waals surface area contributed by atoms with Crippen LogP contribution in [0.25, 0.3) is 0 Å². The van der Waals surface area contributed by atoms with Crippen molar-refractivity contribution in [3.63, 3.8) is 0 Å². The van der Waals surface area contributed by atoms with Crippen LogP contribution in [0.5, 0.6) is 0 Å². The lowest BCUT2D eigenvalue weighted by molar-refractivity contribution is -0.136. The SMILES string of the molecule is CC(=O)[C@@H](CC(=O)[C@@H]1CCC(=O)NCCC[C@H](NC(=O)CCC(=O)CN)C(=O)N[C@@H](CCCN=C(N)N)C(=O)N[C@@H](Cc2ccccc2)C(=O)NCC(=O)C[C@@H]([C@@H](C)O)C(=O)C1)[C@@H](C)O. The number of hydrogen-bond acceptors (Lipinski definition) is 14. The molecule has 1 aromatic rings. The lowest BCUT2D eigenvalue weighted by Crippen LogP contribution is -2.57. The van der Waals surface area contributed by atoms with Crippen LogP contribution >= 0.6 is 0 Å². The molecule has 21 heteroatoms. The third-order valence-electron chi connectivity index (χ3n) is 11.0. The van der Waals surface area contributed by atoms with Crippen LogP contribution < -0.4 is 43.8 Å². The molecule has 360 valence electrons. The summed E-state index contributed by atoms with van der Waals surface area (Å²) in [6, 6.07) is 4.70. The quantitative estimate of drug-likeness (QED) is 0.0456. The van der Waals surface area contributed by atoms with E-state index >= 15 is 0 Å². The molecule has 1 aromatic carbocycles. The van der Waals surface area contributed by atoms with E-state index in [0.717, 1.165) is 0 Å². The molecule has 65 heavy (non-hydrogen) atoms.